The molecule has 2 aliphatic heterocycles. The number of unbranched alkanes of at least 4 members (excludes halogenated alkanes) is 3. The number of ether oxygens (including phenoxy) is 1. The van der Waals surface area contributed by atoms with Crippen molar-refractivity contribution in [1.82, 2.24) is 19.5 Å². The van der Waals surface area contributed by atoms with E-state index in [4.69, 9.17) is 14.9 Å². The molecule has 0 radical (unpaired) electrons. The summed E-state index contributed by atoms with van der Waals surface area (Å²) in [6.07, 6.45) is 2.28. The quantitative estimate of drug-likeness (QED) is 0.300. The molecular formula is C19H24N4O5. The molecule has 150 valence electrons. The highest BCUT2D eigenvalue weighted by atomic mass is 16.5. The number of methoxy groups -OCH3 is 1. The molecule has 0 aliphatic carbocycles. The van der Waals surface area contributed by atoms with Crippen molar-refractivity contribution in [2.45, 2.75) is 51.9 Å². The average Bonchev–Trinajstić information content (AvgIpc) is 2.63. The van der Waals surface area contributed by atoms with Gasteiger partial charge in [-0.25, -0.2) is 9.78 Å². The fraction of sp³-hybridized carbons (Fsp3) is 0.474. The molecule has 9 heteroatoms. The largest absolute Gasteiger partial charge is 0.496 e. The van der Waals surface area contributed by atoms with E-state index in [-0.39, 0.29) is 11.5 Å². The van der Waals surface area contributed by atoms with E-state index in [9.17, 15) is 9.59 Å². The third-order valence-corrected chi connectivity index (χ3v) is 4.72. The van der Waals surface area contributed by atoms with Crippen LogP contribution in [0.4, 0.5) is 0 Å². The average molecular weight is 388 g/mol. The number of aliphatic hydroxyl groups excluding tert-OH is 1. The second-order valence-electron chi connectivity index (χ2n) is 6.80. The molecule has 1 aromatic carbocycles. The molecular weight excluding hydrogens is 364 g/mol. The molecule has 0 fully saturated rings. The van der Waals surface area contributed by atoms with Crippen molar-refractivity contribution >= 4 is 11.0 Å². The third kappa shape index (κ3) is 4.20. The van der Waals surface area contributed by atoms with Gasteiger partial charge in [0, 0.05) is 12.6 Å². The fourth-order valence-corrected chi connectivity index (χ4v) is 3.32. The summed E-state index contributed by atoms with van der Waals surface area (Å²) in [4.78, 5) is 34.6. The van der Waals surface area contributed by atoms with Gasteiger partial charge in [-0.15, -0.1) is 0 Å². The Morgan fingerprint density at radius 3 is 2.61 bits per heavy atom. The molecule has 0 aromatic heterocycles. The van der Waals surface area contributed by atoms with Gasteiger partial charge in [0.05, 0.1) is 18.1 Å². The Kier molecular flexibility index (Phi) is 6.05. The Balaban J connectivity index is 2.00. The number of aromatic nitrogens is 4. The van der Waals surface area contributed by atoms with Crippen molar-refractivity contribution in [3.63, 3.8) is 0 Å². The molecule has 28 heavy (non-hydrogen) atoms. The Hall–Kier alpha value is -2.78. The lowest BCUT2D eigenvalue weighted by Gasteiger charge is -2.18. The minimum atomic E-state index is -1.27. The highest BCUT2D eigenvalue weighted by Crippen LogP contribution is 2.28. The number of H-pyrrole nitrogens is 1. The Bertz CT molecular complexity index is 1060. The number of nitrogens with zero attached hydrogens (tertiary/aromatic N) is 3. The number of hydrogen-bond donors (Lipinski definition) is 3. The number of aliphatic hydroxyl groups is 2. The van der Waals surface area contributed by atoms with Gasteiger partial charge in [0.15, 0.2) is 17.8 Å². The summed E-state index contributed by atoms with van der Waals surface area (Å²) in [5, 5.41) is 17.8. The number of rotatable bonds is 8. The van der Waals surface area contributed by atoms with Crippen LogP contribution in [0.25, 0.3) is 22.6 Å². The van der Waals surface area contributed by atoms with Gasteiger partial charge in [0.25, 0.3) is 5.56 Å². The second-order valence-corrected chi connectivity index (χ2v) is 6.80. The van der Waals surface area contributed by atoms with Crippen molar-refractivity contribution in [1.29, 1.82) is 0 Å². The molecule has 3 rings (SSSR count). The summed E-state index contributed by atoms with van der Waals surface area (Å²) in [6, 6.07) is 3.68. The summed E-state index contributed by atoms with van der Waals surface area (Å²) in [6.45, 7) is 2.44. The number of aromatic amines is 1. The van der Waals surface area contributed by atoms with E-state index in [1.807, 2.05) is 23.6 Å². The van der Waals surface area contributed by atoms with E-state index in [1.165, 1.54) is 0 Å². The Morgan fingerprint density at radius 1 is 1.14 bits per heavy atom. The van der Waals surface area contributed by atoms with Crippen LogP contribution >= 0.6 is 0 Å². The zero-order chi connectivity index (χ0) is 20.3. The monoisotopic (exact) mass is 388 g/mol. The lowest BCUT2D eigenvalue weighted by molar-refractivity contribution is -0.0466. The third-order valence-electron chi connectivity index (χ3n) is 4.72. The predicted molar refractivity (Wildman–Crippen MR) is 104 cm³/mol. The molecule has 0 spiro atoms. The normalized spacial score (nSPS) is 11.6. The van der Waals surface area contributed by atoms with Crippen LogP contribution in [0.2, 0.25) is 0 Å². The predicted octanol–water partition coefficient (Wildman–Crippen LogP) is 1.16. The maximum absolute atomic E-state index is 12.2. The molecule has 2 heterocycles. The van der Waals surface area contributed by atoms with E-state index >= 15 is 0 Å². The van der Waals surface area contributed by atoms with Gasteiger partial charge in [-0.3, -0.25) is 9.78 Å². The van der Waals surface area contributed by atoms with Gasteiger partial charge in [0.1, 0.15) is 5.75 Å². The van der Waals surface area contributed by atoms with E-state index in [0.717, 1.165) is 36.8 Å². The Morgan fingerprint density at radius 2 is 1.89 bits per heavy atom. The minimum absolute atomic E-state index is 0.125. The molecule has 3 N–H and O–H groups in total. The number of hydrogen-bond acceptors (Lipinski definition) is 7. The standard InChI is InChI=1S/C19H24N4O5/c1-11-9-12-13(10-14(11)28-2)23(8-6-4-3-5-7-15(24)25)17-16(20-12)18(26)22-19(27)21-17/h9-10,15,24-25H,3-8H2,1-2H3,(H,22,26,27). The van der Waals surface area contributed by atoms with Crippen LogP contribution in [0.1, 0.15) is 37.7 Å². The summed E-state index contributed by atoms with van der Waals surface area (Å²) < 4.78 is 7.24. The van der Waals surface area contributed by atoms with Crippen molar-refractivity contribution < 1.29 is 14.9 Å². The molecule has 0 saturated carbocycles. The van der Waals surface area contributed by atoms with Crippen LogP contribution in [0, 0.1) is 6.92 Å². The first-order valence-electron chi connectivity index (χ1n) is 9.26. The van der Waals surface area contributed by atoms with Crippen molar-refractivity contribution in [3.8, 4) is 17.3 Å². The van der Waals surface area contributed by atoms with Crippen LogP contribution in [0.5, 0.6) is 5.75 Å². The van der Waals surface area contributed by atoms with Crippen LogP contribution < -0.4 is 16.0 Å². The molecule has 2 aliphatic rings. The maximum Gasteiger partial charge on any atom is 0.349 e. The fourth-order valence-electron chi connectivity index (χ4n) is 3.32. The van der Waals surface area contributed by atoms with Crippen LogP contribution in [0.3, 0.4) is 0 Å². The number of aryl methyl sites for hydroxylation is 2. The van der Waals surface area contributed by atoms with Crippen molar-refractivity contribution in [2.24, 2.45) is 0 Å². The first kappa shape index (κ1) is 20.0. The van der Waals surface area contributed by atoms with Crippen LogP contribution in [0.15, 0.2) is 21.7 Å². The lowest BCUT2D eigenvalue weighted by Crippen LogP contribution is -2.29. The second kappa shape index (κ2) is 8.49. The van der Waals surface area contributed by atoms with Gasteiger partial charge < -0.3 is 19.5 Å². The van der Waals surface area contributed by atoms with Gasteiger partial charge >= 0.3 is 5.69 Å². The summed E-state index contributed by atoms with van der Waals surface area (Å²) in [5.74, 6) is 0.935. The molecule has 0 unspecified atom stereocenters. The SMILES string of the molecule is COc1cc2c(cc1C)nc1c(=O)[nH]c(=O)nc-1n2CCCCCCC(O)O. The van der Waals surface area contributed by atoms with E-state index in [2.05, 4.69) is 15.0 Å². The molecule has 0 atom stereocenters. The maximum atomic E-state index is 12.2. The summed E-state index contributed by atoms with van der Waals surface area (Å²) in [5.41, 5.74) is 1.11. The van der Waals surface area contributed by atoms with Crippen LogP contribution in [-0.4, -0.2) is 43.1 Å². The first-order chi connectivity index (χ1) is 13.4. The zero-order valence-electron chi connectivity index (χ0n) is 15.9. The molecule has 0 amide bonds. The van der Waals surface area contributed by atoms with E-state index < -0.39 is 17.5 Å². The van der Waals surface area contributed by atoms with Gasteiger partial charge in [-0.05, 0) is 37.8 Å². The van der Waals surface area contributed by atoms with Gasteiger partial charge in [-0.1, -0.05) is 12.8 Å². The smallest absolute Gasteiger partial charge is 0.349 e. The number of benzene rings is 1. The minimum Gasteiger partial charge on any atom is -0.496 e. The van der Waals surface area contributed by atoms with Crippen LogP contribution in [-0.2, 0) is 6.54 Å². The molecule has 1 aromatic rings. The zero-order valence-corrected chi connectivity index (χ0v) is 15.9. The van der Waals surface area contributed by atoms with E-state index in [0.29, 0.717) is 24.2 Å². The van der Waals surface area contributed by atoms with Gasteiger partial charge in [-0.2, -0.15) is 4.98 Å². The number of nitrogens with one attached hydrogen (secondary N) is 1. The highest BCUT2D eigenvalue weighted by molar-refractivity contribution is 5.81. The first-order valence-corrected chi connectivity index (χ1v) is 9.26. The van der Waals surface area contributed by atoms with Gasteiger partial charge in [0.2, 0.25) is 0 Å². The molecule has 0 saturated heterocycles. The topological polar surface area (TPSA) is 130 Å². The molecule has 9 nitrogen and oxygen atoms in total. The molecule has 0 bridgehead atoms. The summed E-state index contributed by atoms with van der Waals surface area (Å²) >= 11 is 0. The lowest BCUT2D eigenvalue weighted by atomic mass is 10.1. The van der Waals surface area contributed by atoms with Crippen molar-refractivity contribution in [2.75, 3.05) is 7.11 Å². The number of fused-ring (bicyclic) bond motifs is 2. The Labute approximate surface area is 161 Å². The highest BCUT2D eigenvalue weighted by Gasteiger charge is 2.19. The van der Waals surface area contributed by atoms with Crippen molar-refractivity contribution in [3.05, 3.63) is 38.5 Å². The van der Waals surface area contributed by atoms with E-state index in [1.54, 1.807) is 7.11 Å². The summed E-state index contributed by atoms with van der Waals surface area (Å²) in [7, 11) is 1.58.